The van der Waals surface area contributed by atoms with Crippen LogP contribution in [-0.4, -0.2) is 49.1 Å². The molecule has 0 N–H and O–H groups in total. The van der Waals surface area contributed by atoms with Crippen molar-refractivity contribution < 1.29 is 0 Å². The fourth-order valence-corrected chi connectivity index (χ4v) is 4.19. The van der Waals surface area contributed by atoms with Crippen LogP contribution in [0.3, 0.4) is 0 Å². The Labute approximate surface area is 100.0 Å². The first kappa shape index (κ1) is 11.0. The van der Waals surface area contributed by atoms with Crippen LogP contribution in [0.2, 0.25) is 0 Å². The Morgan fingerprint density at radius 2 is 1.69 bits per heavy atom. The molecule has 0 unspecified atom stereocenters. The van der Waals surface area contributed by atoms with Crippen LogP contribution in [0.4, 0.5) is 0 Å². The first-order valence-electron chi connectivity index (χ1n) is 7.14. The number of likely N-dealkylation sites (tertiary alicyclic amines) is 2. The number of rotatable bonds is 4. The van der Waals surface area contributed by atoms with Crippen molar-refractivity contribution >= 4 is 0 Å². The van der Waals surface area contributed by atoms with Crippen molar-refractivity contribution in [2.75, 3.05) is 39.3 Å². The molecule has 2 saturated heterocycles. The molecule has 2 nitrogen and oxygen atoms in total. The van der Waals surface area contributed by atoms with Crippen LogP contribution in [0.15, 0.2) is 0 Å². The summed E-state index contributed by atoms with van der Waals surface area (Å²) >= 11 is 0. The third kappa shape index (κ3) is 1.91. The zero-order chi connectivity index (χ0) is 11.2. The van der Waals surface area contributed by atoms with Crippen LogP contribution in [0.1, 0.15) is 33.1 Å². The van der Waals surface area contributed by atoms with Gasteiger partial charge in [0.1, 0.15) is 0 Å². The smallest absolute Gasteiger partial charge is 0.0212 e. The molecular formula is C14H26N2. The van der Waals surface area contributed by atoms with Crippen molar-refractivity contribution in [3.8, 4) is 0 Å². The summed E-state index contributed by atoms with van der Waals surface area (Å²) in [5, 5.41) is 0. The van der Waals surface area contributed by atoms with Gasteiger partial charge >= 0.3 is 0 Å². The van der Waals surface area contributed by atoms with Crippen molar-refractivity contribution in [3.05, 3.63) is 0 Å². The molecule has 0 amide bonds. The minimum atomic E-state index is 0.741. The van der Waals surface area contributed by atoms with Crippen LogP contribution >= 0.6 is 0 Å². The Kier molecular flexibility index (Phi) is 2.75. The first-order valence-corrected chi connectivity index (χ1v) is 7.14. The molecule has 2 heterocycles. The topological polar surface area (TPSA) is 6.48 Å². The highest BCUT2D eigenvalue weighted by molar-refractivity contribution is 5.05. The van der Waals surface area contributed by atoms with E-state index in [0.717, 1.165) is 17.3 Å². The maximum absolute atomic E-state index is 2.71. The third-order valence-electron chi connectivity index (χ3n) is 4.76. The van der Waals surface area contributed by atoms with Gasteiger partial charge in [-0.3, -0.25) is 0 Å². The molecule has 1 aliphatic carbocycles. The van der Waals surface area contributed by atoms with Crippen molar-refractivity contribution in [1.29, 1.82) is 0 Å². The van der Waals surface area contributed by atoms with Gasteiger partial charge in [-0.15, -0.1) is 0 Å². The summed E-state index contributed by atoms with van der Waals surface area (Å²) < 4.78 is 0. The Bertz CT molecular complexity index is 243. The lowest BCUT2D eigenvalue weighted by atomic mass is 9.70. The molecule has 92 valence electrons. The summed E-state index contributed by atoms with van der Waals surface area (Å²) in [5.74, 6) is 2.06. The average Bonchev–Trinajstić information content (AvgIpc) is 2.08. The molecule has 3 fully saturated rings. The zero-order valence-corrected chi connectivity index (χ0v) is 10.9. The lowest BCUT2D eigenvalue weighted by Crippen LogP contribution is -2.72. The molecule has 16 heavy (non-hydrogen) atoms. The molecule has 0 aromatic heterocycles. The normalized spacial score (nSPS) is 37.9. The van der Waals surface area contributed by atoms with Crippen LogP contribution < -0.4 is 0 Å². The van der Waals surface area contributed by atoms with E-state index < -0.39 is 0 Å². The predicted molar refractivity (Wildman–Crippen MR) is 67.5 cm³/mol. The van der Waals surface area contributed by atoms with Crippen LogP contribution in [0, 0.1) is 17.3 Å². The van der Waals surface area contributed by atoms with Gasteiger partial charge in [0.05, 0.1) is 0 Å². The summed E-state index contributed by atoms with van der Waals surface area (Å²) in [5.41, 5.74) is 0.741. The maximum atomic E-state index is 2.71. The largest absolute Gasteiger partial charge is 0.302 e. The second-order valence-corrected chi connectivity index (χ2v) is 6.82. The van der Waals surface area contributed by atoms with Gasteiger partial charge in [-0.1, -0.05) is 13.8 Å². The molecule has 0 bridgehead atoms. The molecule has 1 saturated carbocycles. The molecule has 0 aromatic rings. The van der Waals surface area contributed by atoms with Crippen LogP contribution in [0.25, 0.3) is 0 Å². The minimum Gasteiger partial charge on any atom is -0.302 e. The fourth-order valence-electron chi connectivity index (χ4n) is 4.19. The van der Waals surface area contributed by atoms with E-state index in [1.54, 1.807) is 0 Å². The van der Waals surface area contributed by atoms with E-state index in [-0.39, 0.29) is 0 Å². The van der Waals surface area contributed by atoms with E-state index in [9.17, 15) is 0 Å². The maximum Gasteiger partial charge on any atom is 0.0212 e. The number of hydrogen-bond acceptors (Lipinski definition) is 2. The minimum absolute atomic E-state index is 0.741. The van der Waals surface area contributed by atoms with Gasteiger partial charge in [0.15, 0.2) is 0 Å². The lowest BCUT2D eigenvalue weighted by Gasteiger charge is -2.61. The molecular weight excluding hydrogens is 196 g/mol. The second-order valence-electron chi connectivity index (χ2n) is 6.82. The monoisotopic (exact) mass is 222 g/mol. The van der Waals surface area contributed by atoms with Gasteiger partial charge < -0.3 is 9.80 Å². The van der Waals surface area contributed by atoms with E-state index >= 15 is 0 Å². The number of hydrogen-bond donors (Lipinski definition) is 0. The Morgan fingerprint density at radius 1 is 1.06 bits per heavy atom. The van der Waals surface area contributed by atoms with Crippen molar-refractivity contribution in [2.24, 2.45) is 17.3 Å². The van der Waals surface area contributed by atoms with Crippen molar-refractivity contribution in [1.82, 2.24) is 9.80 Å². The fraction of sp³-hybridized carbons (Fsp3) is 1.00. The highest BCUT2D eigenvalue weighted by Gasteiger charge is 2.51. The Balaban J connectivity index is 1.33. The van der Waals surface area contributed by atoms with Gasteiger partial charge in [0, 0.05) is 38.1 Å². The van der Waals surface area contributed by atoms with Gasteiger partial charge in [-0.2, -0.15) is 0 Å². The Hall–Kier alpha value is -0.0800. The highest BCUT2D eigenvalue weighted by atomic mass is 15.3. The summed E-state index contributed by atoms with van der Waals surface area (Å²) in [7, 11) is 0. The van der Waals surface area contributed by atoms with E-state index in [0.29, 0.717) is 0 Å². The van der Waals surface area contributed by atoms with Crippen LogP contribution in [-0.2, 0) is 0 Å². The van der Waals surface area contributed by atoms with Gasteiger partial charge in [-0.25, -0.2) is 0 Å². The van der Waals surface area contributed by atoms with Crippen LogP contribution in [0.5, 0.6) is 0 Å². The third-order valence-corrected chi connectivity index (χ3v) is 4.76. The molecule has 2 aliphatic heterocycles. The van der Waals surface area contributed by atoms with E-state index in [1.807, 2.05) is 0 Å². The molecule has 0 radical (unpaired) electrons. The predicted octanol–water partition coefficient (Wildman–Crippen LogP) is 2.06. The summed E-state index contributed by atoms with van der Waals surface area (Å²) in [6.07, 6.45) is 4.30. The quantitative estimate of drug-likeness (QED) is 0.718. The summed E-state index contributed by atoms with van der Waals surface area (Å²) in [6.45, 7) is 13.0. The molecule has 2 heteroatoms. The highest BCUT2D eigenvalue weighted by Crippen LogP contribution is 2.42. The standard InChI is InChI=1S/C14H26N2/c1-3-4-15-8-14(9-15)10-16(11-14)7-13-5-12(2)6-13/h12-13H,3-11H2,1-2H3/t12-,13-. The van der Waals surface area contributed by atoms with Gasteiger partial charge in [0.25, 0.3) is 0 Å². The first-order chi connectivity index (χ1) is 7.69. The molecule has 0 atom stereocenters. The van der Waals surface area contributed by atoms with Gasteiger partial charge in [-0.05, 0) is 37.6 Å². The molecule has 3 rings (SSSR count). The lowest BCUT2D eigenvalue weighted by molar-refractivity contribution is -0.122. The SMILES string of the molecule is CCCN1CC2(C1)CN(C[C@H]1C[C@H](C)C1)C2. The number of nitrogens with zero attached hydrogens (tertiary/aromatic N) is 2. The Morgan fingerprint density at radius 3 is 2.25 bits per heavy atom. The molecule has 1 spiro atoms. The van der Waals surface area contributed by atoms with E-state index in [4.69, 9.17) is 0 Å². The molecule has 3 aliphatic rings. The summed E-state index contributed by atoms with van der Waals surface area (Å²) in [6, 6.07) is 0. The molecule has 0 aromatic carbocycles. The van der Waals surface area contributed by atoms with Gasteiger partial charge in [0.2, 0.25) is 0 Å². The second kappa shape index (κ2) is 3.99. The van der Waals surface area contributed by atoms with Crippen molar-refractivity contribution in [2.45, 2.75) is 33.1 Å². The van der Waals surface area contributed by atoms with Crippen molar-refractivity contribution in [3.63, 3.8) is 0 Å². The van der Waals surface area contributed by atoms with E-state index in [1.165, 1.54) is 58.5 Å². The zero-order valence-electron chi connectivity index (χ0n) is 10.9. The van der Waals surface area contributed by atoms with E-state index in [2.05, 4.69) is 23.6 Å². The average molecular weight is 222 g/mol. The summed E-state index contributed by atoms with van der Waals surface area (Å²) in [4.78, 5) is 5.34.